The van der Waals surface area contributed by atoms with Gasteiger partial charge in [-0.15, -0.1) is 0 Å². The number of hydrogen-bond donors (Lipinski definition) is 2. The van der Waals surface area contributed by atoms with E-state index in [1.165, 1.54) is 0 Å². The molecule has 1 saturated carbocycles. The van der Waals surface area contributed by atoms with Crippen LogP contribution in [0.3, 0.4) is 0 Å². The van der Waals surface area contributed by atoms with Crippen LogP contribution in [0.15, 0.2) is 30.3 Å². The molecule has 114 valence electrons. The zero-order valence-electron chi connectivity index (χ0n) is 12.2. The second-order valence-corrected chi connectivity index (χ2v) is 5.65. The van der Waals surface area contributed by atoms with Crippen LogP contribution in [0.1, 0.15) is 32.6 Å². The molecule has 1 aromatic rings. The van der Waals surface area contributed by atoms with Gasteiger partial charge in [-0.1, -0.05) is 24.6 Å². The molecule has 0 bridgehead atoms. The fraction of sp³-hybridized carbons (Fsp3) is 0.500. The second-order valence-electron chi connectivity index (χ2n) is 5.65. The van der Waals surface area contributed by atoms with Crippen molar-refractivity contribution in [3.8, 4) is 5.75 Å². The van der Waals surface area contributed by atoms with Gasteiger partial charge in [-0.25, -0.2) is 0 Å². The minimum absolute atomic E-state index is 0.162. The number of hydrogen-bond acceptors (Lipinski definition) is 3. The fourth-order valence-electron chi connectivity index (χ4n) is 2.70. The molecule has 0 aromatic heterocycles. The number of carbonyl (C=O) groups excluding carboxylic acids is 1. The molecule has 1 amide bonds. The zero-order valence-corrected chi connectivity index (χ0v) is 12.2. The molecule has 0 aliphatic heterocycles. The summed E-state index contributed by atoms with van der Waals surface area (Å²) in [4.78, 5) is 23.3. The monoisotopic (exact) mass is 291 g/mol. The summed E-state index contributed by atoms with van der Waals surface area (Å²) in [5.74, 6) is -0.280. The van der Waals surface area contributed by atoms with Gasteiger partial charge in [-0.2, -0.15) is 0 Å². The Morgan fingerprint density at radius 3 is 2.76 bits per heavy atom. The van der Waals surface area contributed by atoms with Crippen LogP contribution in [0, 0.1) is 5.41 Å². The van der Waals surface area contributed by atoms with Crippen molar-refractivity contribution >= 4 is 11.9 Å². The fourth-order valence-corrected chi connectivity index (χ4v) is 2.70. The second kappa shape index (κ2) is 6.61. The maximum Gasteiger partial charge on any atom is 0.311 e. The Morgan fingerprint density at radius 1 is 1.38 bits per heavy atom. The van der Waals surface area contributed by atoms with Gasteiger partial charge in [0.25, 0.3) is 0 Å². The third-order valence-corrected chi connectivity index (χ3v) is 4.12. The molecular weight excluding hydrogens is 270 g/mol. The van der Waals surface area contributed by atoms with Crippen LogP contribution in [0.25, 0.3) is 0 Å². The quantitative estimate of drug-likeness (QED) is 0.842. The van der Waals surface area contributed by atoms with E-state index in [9.17, 15) is 14.7 Å². The number of para-hydroxylation sites is 1. The van der Waals surface area contributed by atoms with Crippen LogP contribution in [-0.4, -0.2) is 29.6 Å². The number of carboxylic acid groups (broad SMARTS) is 1. The van der Waals surface area contributed by atoms with Crippen molar-refractivity contribution in [2.75, 3.05) is 6.61 Å². The van der Waals surface area contributed by atoms with Gasteiger partial charge >= 0.3 is 5.97 Å². The summed E-state index contributed by atoms with van der Waals surface area (Å²) in [6.45, 7) is 1.99. The highest BCUT2D eigenvalue weighted by atomic mass is 16.5. The van der Waals surface area contributed by atoms with E-state index >= 15 is 0 Å². The van der Waals surface area contributed by atoms with E-state index < -0.39 is 11.4 Å². The van der Waals surface area contributed by atoms with Crippen molar-refractivity contribution < 1.29 is 19.4 Å². The molecule has 0 spiro atoms. The van der Waals surface area contributed by atoms with Crippen molar-refractivity contribution in [2.24, 2.45) is 5.41 Å². The number of benzene rings is 1. The summed E-state index contributed by atoms with van der Waals surface area (Å²) in [6.07, 6.45) is 2.37. The lowest BCUT2D eigenvalue weighted by Gasteiger charge is -2.27. The highest BCUT2D eigenvalue weighted by Gasteiger charge is 2.45. The SMILES string of the molecule is CC1(C(=O)O)CCCC1NC(=O)CCOc1ccccc1. The van der Waals surface area contributed by atoms with E-state index in [1.807, 2.05) is 30.3 Å². The van der Waals surface area contributed by atoms with E-state index in [-0.39, 0.29) is 25.0 Å². The van der Waals surface area contributed by atoms with E-state index in [4.69, 9.17) is 4.74 Å². The molecule has 1 fully saturated rings. The Balaban J connectivity index is 1.78. The Labute approximate surface area is 124 Å². The molecule has 1 aliphatic rings. The Morgan fingerprint density at radius 2 is 2.10 bits per heavy atom. The lowest BCUT2D eigenvalue weighted by molar-refractivity contribution is -0.149. The Kier molecular flexibility index (Phi) is 4.83. The zero-order chi connectivity index (χ0) is 15.3. The Bertz CT molecular complexity index is 502. The maximum absolute atomic E-state index is 11.9. The van der Waals surface area contributed by atoms with Crippen LogP contribution in [-0.2, 0) is 9.59 Å². The highest BCUT2D eigenvalue weighted by molar-refractivity contribution is 5.80. The number of amides is 1. The first-order valence-corrected chi connectivity index (χ1v) is 7.23. The molecule has 2 atom stereocenters. The van der Waals surface area contributed by atoms with E-state index in [1.54, 1.807) is 6.92 Å². The molecule has 0 saturated heterocycles. The average Bonchev–Trinajstić information content (AvgIpc) is 2.83. The molecule has 1 aliphatic carbocycles. The number of aliphatic carboxylic acids is 1. The summed E-state index contributed by atoms with van der Waals surface area (Å²) in [5.41, 5.74) is -0.851. The number of ether oxygens (including phenoxy) is 1. The third kappa shape index (κ3) is 3.74. The lowest BCUT2D eigenvalue weighted by atomic mass is 9.85. The summed E-state index contributed by atoms with van der Waals surface area (Å²) in [7, 11) is 0. The van der Waals surface area contributed by atoms with Crippen molar-refractivity contribution in [3.05, 3.63) is 30.3 Å². The lowest BCUT2D eigenvalue weighted by Crippen LogP contribution is -2.47. The molecule has 1 aromatic carbocycles. The van der Waals surface area contributed by atoms with Crippen LogP contribution in [0.4, 0.5) is 0 Å². The summed E-state index contributed by atoms with van der Waals surface area (Å²) in [6, 6.07) is 9.00. The average molecular weight is 291 g/mol. The van der Waals surface area contributed by atoms with Gasteiger partial charge in [0.2, 0.25) is 5.91 Å². The predicted molar refractivity (Wildman–Crippen MR) is 78.1 cm³/mol. The number of carboxylic acids is 1. The maximum atomic E-state index is 11.9. The standard InChI is InChI=1S/C16H21NO4/c1-16(15(19)20)10-5-8-13(16)17-14(18)9-11-21-12-6-3-2-4-7-12/h2-4,6-7,13H,5,8-11H2,1H3,(H,17,18)(H,19,20). The van der Waals surface area contributed by atoms with Crippen LogP contribution < -0.4 is 10.1 Å². The van der Waals surface area contributed by atoms with E-state index in [0.29, 0.717) is 12.8 Å². The molecule has 0 radical (unpaired) electrons. The first-order valence-electron chi connectivity index (χ1n) is 7.23. The van der Waals surface area contributed by atoms with Crippen molar-refractivity contribution in [2.45, 2.75) is 38.6 Å². The largest absolute Gasteiger partial charge is 0.493 e. The normalized spacial score (nSPS) is 24.5. The molecule has 5 heteroatoms. The number of nitrogens with one attached hydrogen (secondary N) is 1. The molecular formula is C16H21NO4. The minimum Gasteiger partial charge on any atom is -0.493 e. The number of rotatable bonds is 6. The molecule has 5 nitrogen and oxygen atoms in total. The predicted octanol–water partition coefficient (Wildman–Crippen LogP) is 2.22. The van der Waals surface area contributed by atoms with Crippen LogP contribution in [0.5, 0.6) is 5.75 Å². The molecule has 2 unspecified atom stereocenters. The van der Waals surface area contributed by atoms with Gasteiger partial charge in [0, 0.05) is 6.04 Å². The van der Waals surface area contributed by atoms with Gasteiger partial charge in [-0.05, 0) is 31.9 Å². The number of carbonyl (C=O) groups is 2. The van der Waals surface area contributed by atoms with Crippen molar-refractivity contribution in [3.63, 3.8) is 0 Å². The van der Waals surface area contributed by atoms with Crippen LogP contribution >= 0.6 is 0 Å². The minimum atomic E-state index is -0.851. The van der Waals surface area contributed by atoms with Gasteiger partial charge in [0.05, 0.1) is 18.4 Å². The van der Waals surface area contributed by atoms with Gasteiger partial charge < -0.3 is 15.2 Å². The molecule has 21 heavy (non-hydrogen) atoms. The highest BCUT2D eigenvalue weighted by Crippen LogP contribution is 2.38. The first kappa shape index (κ1) is 15.4. The topological polar surface area (TPSA) is 75.6 Å². The van der Waals surface area contributed by atoms with E-state index in [2.05, 4.69) is 5.32 Å². The van der Waals surface area contributed by atoms with Gasteiger partial charge in [0.1, 0.15) is 5.75 Å². The molecule has 2 N–H and O–H groups in total. The molecule has 2 rings (SSSR count). The smallest absolute Gasteiger partial charge is 0.311 e. The van der Waals surface area contributed by atoms with Crippen molar-refractivity contribution in [1.82, 2.24) is 5.32 Å². The van der Waals surface area contributed by atoms with Gasteiger partial charge in [-0.3, -0.25) is 9.59 Å². The summed E-state index contributed by atoms with van der Waals surface area (Å²) < 4.78 is 5.46. The Hall–Kier alpha value is -2.04. The van der Waals surface area contributed by atoms with E-state index in [0.717, 1.165) is 12.2 Å². The summed E-state index contributed by atoms with van der Waals surface area (Å²) in [5, 5.41) is 12.1. The third-order valence-electron chi connectivity index (χ3n) is 4.12. The summed E-state index contributed by atoms with van der Waals surface area (Å²) >= 11 is 0. The van der Waals surface area contributed by atoms with Gasteiger partial charge in [0.15, 0.2) is 0 Å². The molecule has 0 heterocycles. The van der Waals surface area contributed by atoms with Crippen molar-refractivity contribution in [1.29, 1.82) is 0 Å². The first-order chi connectivity index (χ1) is 10.0. The van der Waals surface area contributed by atoms with Crippen LogP contribution in [0.2, 0.25) is 0 Å².